The first-order valence-corrected chi connectivity index (χ1v) is 10.5. The molecule has 146 valence electrons. The highest BCUT2D eigenvalue weighted by molar-refractivity contribution is 7.07. The van der Waals surface area contributed by atoms with Crippen molar-refractivity contribution in [3.63, 3.8) is 0 Å². The Morgan fingerprint density at radius 3 is 2.70 bits per heavy atom. The average Bonchev–Trinajstić information content (AvgIpc) is 3.01. The molecule has 27 heavy (non-hydrogen) atoms. The Labute approximate surface area is 163 Å². The molecular formula is C19H26N4O3S. The zero-order valence-electron chi connectivity index (χ0n) is 15.6. The van der Waals surface area contributed by atoms with Crippen molar-refractivity contribution in [2.75, 3.05) is 32.7 Å². The Hall–Kier alpha value is -1.93. The van der Waals surface area contributed by atoms with Gasteiger partial charge in [0, 0.05) is 32.6 Å². The maximum atomic E-state index is 12.3. The van der Waals surface area contributed by atoms with Crippen molar-refractivity contribution in [2.45, 2.75) is 38.8 Å². The van der Waals surface area contributed by atoms with E-state index in [1.165, 1.54) is 10.5 Å². The third-order valence-electron chi connectivity index (χ3n) is 6.23. The second-order valence-corrected chi connectivity index (χ2v) is 8.69. The molecule has 3 aliphatic rings. The summed E-state index contributed by atoms with van der Waals surface area (Å²) in [6.45, 7) is 5.36. The van der Waals surface area contributed by atoms with Crippen molar-refractivity contribution in [2.24, 2.45) is 5.41 Å². The normalized spacial score (nSPS) is 24.1. The zero-order valence-corrected chi connectivity index (χ0v) is 16.5. The Morgan fingerprint density at radius 2 is 2.11 bits per heavy atom. The van der Waals surface area contributed by atoms with Crippen LogP contribution in [0.3, 0.4) is 0 Å². The SMILES string of the molecule is CC(=O)N(Cc1ccsc1)[C@@H]1CC12CCN(CC(=O)N1CCNC1=O)CC2. The summed E-state index contributed by atoms with van der Waals surface area (Å²) in [5.41, 5.74) is 1.41. The molecule has 7 nitrogen and oxygen atoms in total. The van der Waals surface area contributed by atoms with Crippen LogP contribution in [0.25, 0.3) is 0 Å². The molecule has 1 spiro atoms. The molecule has 0 radical (unpaired) electrons. The monoisotopic (exact) mass is 390 g/mol. The lowest BCUT2D eigenvalue weighted by Crippen LogP contribution is -2.46. The van der Waals surface area contributed by atoms with E-state index in [4.69, 9.17) is 0 Å². The Balaban J connectivity index is 1.30. The first-order chi connectivity index (χ1) is 13.0. The molecule has 3 fully saturated rings. The minimum Gasteiger partial charge on any atom is -0.336 e. The van der Waals surface area contributed by atoms with Gasteiger partial charge in [0.05, 0.1) is 6.54 Å². The highest BCUT2D eigenvalue weighted by atomic mass is 32.1. The van der Waals surface area contributed by atoms with Gasteiger partial charge in [-0.15, -0.1) is 0 Å². The van der Waals surface area contributed by atoms with Gasteiger partial charge in [-0.05, 0) is 60.2 Å². The van der Waals surface area contributed by atoms with Crippen LogP contribution >= 0.6 is 11.3 Å². The smallest absolute Gasteiger partial charge is 0.324 e. The van der Waals surface area contributed by atoms with Gasteiger partial charge >= 0.3 is 6.03 Å². The first-order valence-electron chi connectivity index (χ1n) is 9.57. The fourth-order valence-electron chi connectivity index (χ4n) is 4.47. The summed E-state index contributed by atoms with van der Waals surface area (Å²) in [6.07, 6.45) is 3.07. The predicted octanol–water partition coefficient (Wildman–Crippen LogP) is 1.50. The molecule has 2 saturated heterocycles. The van der Waals surface area contributed by atoms with Gasteiger partial charge in [0.25, 0.3) is 0 Å². The number of piperidine rings is 1. The molecule has 1 N–H and O–H groups in total. The van der Waals surface area contributed by atoms with Crippen LogP contribution < -0.4 is 5.32 Å². The fraction of sp³-hybridized carbons (Fsp3) is 0.632. The Kier molecular flexibility index (Phi) is 4.94. The number of likely N-dealkylation sites (tertiary alicyclic amines) is 1. The second kappa shape index (κ2) is 7.24. The summed E-state index contributed by atoms with van der Waals surface area (Å²) in [4.78, 5) is 41.6. The van der Waals surface area contributed by atoms with Crippen molar-refractivity contribution in [3.05, 3.63) is 22.4 Å². The van der Waals surface area contributed by atoms with Crippen LogP contribution in [0.5, 0.6) is 0 Å². The van der Waals surface area contributed by atoms with E-state index in [2.05, 4.69) is 21.7 Å². The molecule has 0 unspecified atom stereocenters. The van der Waals surface area contributed by atoms with Crippen LogP contribution in [0.2, 0.25) is 0 Å². The predicted molar refractivity (Wildman–Crippen MR) is 102 cm³/mol. The molecule has 4 rings (SSSR count). The van der Waals surface area contributed by atoms with E-state index >= 15 is 0 Å². The number of carbonyl (C=O) groups is 3. The van der Waals surface area contributed by atoms with Crippen LogP contribution in [0.4, 0.5) is 4.79 Å². The molecule has 3 heterocycles. The lowest BCUT2D eigenvalue weighted by Gasteiger charge is -2.34. The minimum absolute atomic E-state index is 0.115. The molecule has 2 aliphatic heterocycles. The molecule has 8 heteroatoms. The molecule has 1 aromatic rings. The standard InChI is InChI=1S/C19H26N4O3S/c1-14(24)23(11-15-2-9-27-13-15)16-10-19(16)3-6-21(7-4-19)12-17(25)22-8-5-20-18(22)26/h2,9,13,16H,3-8,10-12H2,1H3,(H,20,26)/t16-/m1/s1. The quantitative estimate of drug-likeness (QED) is 0.827. The molecule has 0 bridgehead atoms. The van der Waals surface area contributed by atoms with E-state index in [0.29, 0.717) is 32.2 Å². The van der Waals surface area contributed by atoms with Crippen LogP contribution in [0, 0.1) is 5.41 Å². The topological polar surface area (TPSA) is 73.0 Å². The second-order valence-electron chi connectivity index (χ2n) is 7.91. The van der Waals surface area contributed by atoms with Crippen molar-refractivity contribution in [1.29, 1.82) is 0 Å². The number of urea groups is 1. The molecule has 4 amide bonds. The maximum Gasteiger partial charge on any atom is 0.324 e. The number of nitrogens with zero attached hydrogens (tertiary/aromatic N) is 3. The van der Waals surface area contributed by atoms with Gasteiger partial charge in [-0.3, -0.25) is 19.4 Å². The number of carbonyl (C=O) groups excluding carboxylic acids is 3. The summed E-state index contributed by atoms with van der Waals surface area (Å²) in [5, 5.41) is 6.82. The van der Waals surface area contributed by atoms with Gasteiger partial charge in [-0.2, -0.15) is 11.3 Å². The van der Waals surface area contributed by atoms with Crippen molar-refractivity contribution >= 4 is 29.2 Å². The first kappa shape index (κ1) is 18.4. The largest absolute Gasteiger partial charge is 0.336 e. The number of hydrogen-bond acceptors (Lipinski definition) is 5. The molecule has 1 aromatic heterocycles. The number of rotatable bonds is 5. The van der Waals surface area contributed by atoms with Crippen LogP contribution in [0.15, 0.2) is 16.8 Å². The summed E-state index contributed by atoms with van der Waals surface area (Å²) in [6, 6.07) is 2.12. The fourth-order valence-corrected chi connectivity index (χ4v) is 5.13. The number of amides is 4. The maximum absolute atomic E-state index is 12.3. The molecule has 1 saturated carbocycles. The van der Waals surface area contributed by atoms with E-state index in [-0.39, 0.29) is 23.3 Å². The van der Waals surface area contributed by atoms with Crippen LogP contribution in [0.1, 0.15) is 31.7 Å². The van der Waals surface area contributed by atoms with Crippen molar-refractivity contribution in [3.8, 4) is 0 Å². The third-order valence-corrected chi connectivity index (χ3v) is 6.96. The van der Waals surface area contributed by atoms with Crippen molar-refractivity contribution in [1.82, 2.24) is 20.0 Å². The number of imide groups is 1. The molecule has 0 aromatic carbocycles. The number of hydrogen-bond donors (Lipinski definition) is 1. The van der Waals surface area contributed by atoms with E-state index in [1.54, 1.807) is 18.3 Å². The highest BCUT2D eigenvalue weighted by Gasteiger charge is 2.58. The third kappa shape index (κ3) is 3.73. The highest BCUT2D eigenvalue weighted by Crippen LogP contribution is 2.57. The minimum atomic E-state index is -0.277. The summed E-state index contributed by atoms with van der Waals surface area (Å²) >= 11 is 1.66. The van der Waals surface area contributed by atoms with E-state index in [1.807, 2.05) is 10.3 Å². The van der Waals surface area contributed by atoms with E-state index in [9.17, 15) is 14.4 Å². The van der Waals surface area contributed by atoms with Crippen LogP contribution in [-0.4, -0.2) is 71.3 Å². The molecule has 1 atom stereocenters. The van der Waals surface area contributed by atoms with Gasteiger partial charge in [0.2, 0.25) is 11.8 Å². The van der Waals surface area contributed by atoms with Gasteiger partial charge in [0.1, 0.15) is 0 Å². The summed E-state index contributed by atoms with van der Waals surface area (Å²) in [7, 11) is 0. The van der Waals surface area contributed by atoms with Gasteiger partial charge < -0.3 is 10.2 Å². The lowest BCUT2D eigenvalue weighted by atomic mass is 9.92. The van der Waals surface area contributed by atoms with Gasteiger partial charge in [-0.25, -0.2) is 4.79 Å². The molecule has 1 aliphatic carbocycles. The van der Waals surface area contributed by atoms with Crippen molar-refractivity contribution < 1.29 is 14.4 Å². The van der Waals surface area contributed by atoms with Gasteiger partial charge in [-0.1, -0.05) is 0 Å². The molecular weight excluding hydrogens is 364 g/mol. The summed E-state index contributed by atoms with van der Waals surface area (Å²) in [5.74, 6) is 0.0249. The van der Waals surface area contributed by atoms with E-state index in [0.717, 1.165) is 32.4 Å². The lowest BCUT2D eigenvalue weighted by molar-refractivity contribution is -0.130. The van der Waals surface area contributed by atoms with Crippen LogP contribution in [-0.2, 0) is 16.1 Å². The summed E-state index contributed by atoms with van der Waals surface area (Å²) < 4.78 is 0. The average molecular weight is 391 g/mol. The number of thiophene rings is 1. The Morgan fingerprint density at radius 1 is 1.33 bits per heavy atom. The zero-order chi connectivity index (χ0) is 19.0. The van der Waals surface area contributed by atoms with Gasteiger partial charge in [0.15, 0.2) is 0 Å². The van der Waals surface area contributed by atoms with E-state index < -0.39 is 0 Å². The number of nitrogens with one attached hydrogen (secondary N) is 1. The Bertz CT molecular complexity index is 727.